The van der Waals surface area contributed by atoms with Crippen LogP contribution in [0.3, 0.4) is 0 Å². The Kier molecular flexibility index (Phi) is 2.77. The molecule has 4 heteroatoms. The van der Waals surface area contributed by atoms with Crippen molar-refractivity contribution >= 4 is 21.6 Å². The first-order chi connectivity index (χ1) is 7.26. The van der Waals surface area contributed by atoms with Crippen molar-refractivity contribution < 1.29 is 4.74 Å². The topological polar surface area (TPSA) is 38.0 Å². The second-order valence-electron chi connectivity index (χ2n) is 3.21. The van der Waals surface area contributed by atoms with Crippen LogP contribution in [0.1, 0.15) is 13.8 Å². The standard InChI is InChI=1S/C11H14N2OS/c1-3-13-9-6-5-8(14-4-2)7-10(9)15-11(13)12/h5-7,12H,3-4H2,1-2H3. The predicted octanol–water partition coefficient (Wildman–Crippen LogP) is 2.60. The fraction of sp³-hybridized carbons (Fsp3) is 0.364. The summed E-state index contributed by atoms with van der Waals surface area (Å²) in [6.45, 7) is 5.55. The Hall–Kier alpha value is -1.29. The number of fused-ring (bicyclic) bond motifs is 1. The van der Waals surface area contributed by atoms with Gasteiger partial charge in [0.25, 0.3) is 0 Å². The zero-order valence-corrected chi connectivity index (χ0v) is 9.73. The van der Waals surface area contributed by atoms with Gasteiger partial charge in [0.05, 0.1) is 16.8 Å². The molecule has 0 saturated carbocycles. The van der Waals surface area contributed by atoms with Gasteiger partial charge in [-0.15, -0.1) is 0 Å². The summed E-state index contributed by atoms with van der Waals surface area (Å²) in [4.78, 5) is 0.598. The number of ether oxygens (including phenoxy) is 1. The van der Waals surface area contributed by atoms with E-state index >= 15 is 0 Å². The van der Waals surface area contributed by atoms with E-state index in [1.165, 1.54) is 11.3 Å². The van der Waals surface area contributed by atoms with Gasteiger partial charge in [-0.3, -0.25) is 5.41 Å². The maximum atomic E-state index is 7.81. The van der Waals surface area contributed by atoms with E-state index in [9.17, 15) is 0 Å². The van der Waals surface area contributed by atoms with Crippen LogP contribution in [0.4, 0.5) is 0 Å². The van der Waals surface area contributed by atoms with Crippen molar-refractivity contribution in [2.75, 3.05) is 6.61 Å². The molecule has 1 aromatic carbocycles. The molecule has 0 saturated heterocycles. The van der Waals surface area contributed by atoms with Crippen LogP contribution in [0, 0.1) is 5.41 Å². The van der Waals surface area contributed by atoms with E-state index in [1.54, 1.807) is 0 Å². The highest BCUT2D eigenvalue weighted by Crippen LogP contribution is 2.23. The Morgan fingerprint density at radius 1 is 1.40 bits per heavy atom. The number of hydrogen-bond acceptors (Lipinski definition) is 3. The molecular formula is C11H14N2OS. The minimum Gasteiger partial charge on any atom is -0.494 e. The van der Waals surface area contributed by atoms with Crippen LogP contribution in [-0.4, -0.2) is 11.2 Å². The second-order valence-corrected chi connectivity index (χ2v) is 4.24. The number of aryl methyl sites for hydroxylation is 1. The van der Waals surface area contributed by atoms with Crippen LogP contribution in [-0.2, 0) is 6.54 Å². The van der Waals surface area contributed by atoms with Gasteiger partial charge in [-0.05, 0) is 32.0 Å². The highest BCUT2D eigenvalue weighted by atomic mass is 32.1. The number of benzene rings is 1. The van der Waals surface area contributed by atoms with Crippen molar-refractivity contribution in [2.24, 2.45) is 0 Å². The van der Waals surface area contributed by atoms with Crippen LogP contribution in [0.2, 0.25) is 0 Å². The molecule has 0 atom stereocenters. The number of nitrogens with one attached hydrogen (secondary N) is 1. The number of hydrogen-bond donors (Lipinski definition) is 1. The van der Waals surface area contributed by atoms with Gasteiger partial charge < -0.3 is 9.30 Å². The van der Waals surface area contributed by atoms with E-state index in [0.717, 1.165) is 22.5 Å². The molecule has 80 valence electrons. The maximum absolute atomic E-state index is 7.81. The first kappa shape index (κ1) is 10.2. The quantitative estimate of drug-likeness (QED) is 0.851. The number of aromatic nitrogens is 1. The van der Waals surface area contributed by atoms with Gasteiger partial charge >= 0.3 is 0 Å². The molecule has 0 bridgehead atoms. The highest BCUT2D eigenvalue weighted by molar-refractivity contribution is 7.16. The van der Waals surface area contributed by atoms with E-state index in [1.807, 2.05) is 29.7 Å². The average Bonchev–Trinajstić information content (AvgIpc) is 2.53. The molecule has 0 spiro atoms. The molecule has 0 amide bonds. The average molecular weight is 222 g/mol. The molecule has 1 heterocycles. The van der Waals surface area contributed by atoms with Crippen molar-refractivity contribution in [3.05, 3.63) is 23.0 Å². The van der Waals surface area contributed by atoms with Crippen molar-refractivity contribution in [3.63, 3.8) is 0 Å². The maximum Gasteiger partial charge on any atom is 0.182 e. The summed E-state index contributed by atoms with van der Waals surface area (Å²) in [6.07, 6.45) is 0. The molecule has 1 aromatic heterocycles. The molecule has 0 radical (unpaired) electrons. The van der Waals surface area contributed by atoms with Gasteiger partial charge in [-0.2, -0.15) is 0 Å². The summed E-state index contributed by atoms with van der Waals surface area (Å²) in [6, 6.07) is 6.00. The molecule has 1 N–H and O–H groups in total. The van der Waals surface area contributed by atoms with Crippen molar-refractivity contribution in [1.82, 2.24) is 4.57 Å². The zero-order valence-electron chi connectivity index (χ0n) is 8.91. The van der Waals surface area contributed by atoms with E-state index in [-0.39, 0.29) is 0 Å². The lowest BCUT2D eigenvalue weighted by Gasteiger charge is -2.03. The fourth-order valence-electron chi connectivity index (χ4n) is 1.64. The summed E-state index contributed by atoms with van der Waals surface area (Å²) in [5, 5.41) is 7.81. The van der Waals surface area contributed by atoms with Crippen molar-refractivity contribution in [2.45, 2.75) is 20.4 Å². The van der Waals surface area contributed by atoms with Crippen LogP contribution in [0.15, 0.2) is 18.2 Å². The van der Waals surface area contributed by atoms with Gasteiger partial charge in [-0.1, -0.05) is 11.3 Å². The molecule has 0 aliphatic rings. The third-order valence-corrected chi connectivity index (χ3v) is 3.26. The second kappa shape index (κ2) is 4.06. The Morgan fingerprint density at radius 2 is 2.20 bits per heavy atom. The van der Waals surface area contributed by atoms with Crippen LogP contribution in [0.25, 0.3) is 10.2 Å². The van der Waals surface area contributed by atoms with Gasteiger partial charge in [0, 0.05) is 6.54 Å². The monoisotopic (exact) mass is 222 g/mol. The molecule has 2 aromatic rings. The van der Waals surface area contributed by atoms with Gasteiger partial charge in [0.15, 0.2) is 4.80 Å². The summed E-state index contributed by atoms with van der Waals surface area (Å²) in [7, 11) is 0. The number of nitrogens with zero attached hydrogens (tertiary/aromatic N) is 1. The molecule has 3 nitrogen and oxygen atoms in total. The normalized spacial score (nSPS) is 10.8. The first-order valence-corrected chi connectivity index (χ1v) is 5.88. The SMILES string of the molecule is CCOc1ccc2c(c1)sc(=N)n2CC. The van der Waals surface area contributed by atoms with Crippen LogP contribution >= 0.6 is 11.3 Å². The number of rotatable bonds is 3. The summed E-state index contributed by atoms with van der Waals surface area (Å²) in [5.41, 5.74) is 1.12. The van der Waals surface area contributed by atoms with E-state index in [0.29, 0.717) is 11.4 Å². The largest absolute Gasteiger partial charge is 0.494 e. The minimum atomic E-state index is 0.598. The zero-order chi connectivity index (χ0) is 10.8. The minimum absolute atomic E-state index is 0.598. The lowest BCUT2D eigenvalue weighted by atomic mass is 10.3. The van der Waals surface area contributed by atoms with Crippen molar-refractivity contribution in [1.29, 1.82) is 5.41 Å². The van der Waals surface area contributed by atoms with Crippen LogP contribution in [0.5, 0.6) is 5.75 Å². The molecule has 15 heavy (non-hydrogen) atoms. The molecule has 2 rings (SSSR count). The van der Waals surface area contributed by atoms with Gasteiger partial charge in [0.2, 0.25) is 0 Å². The lowest BCUT2D eigenvalue weighted by molar-refractivity contribution is 0.341. The fourth-order valence-corrected chi connectivity index (χ4v) is 2.64. The summed E-state index contributed by atoms with van der Waals surface area (Å²) < 4.78 is 8.55. The first-order valence-electron chi connectivity index (χ1n) is 5.07. The Balaban J connectivity index is 2.59. The molecule has 0 aliphatic heterocycles. The summed E-state index contributed by atoms with van der Waals surface area (Å²) in [5.74, 6) is 0.884. The van der Waals surface area contributed by atoms with Gasteiger partial charge in [-0.25, -0.2) is 0 Å². The molecule has 0 fully saturated rings. The van der Waals surface area contributed by atoms with E-state index in [2.05, 4.69) is 6.92 Å². The van der Waals surface area contributed by atoms with E-state index < -0.39 is 0 Å². The number of thiazole rings is 1. The molecule has 0 aliphatic carbocycles. The lowest BCUT2D eigenvalue weighted by Crippen LogP contribution is -2.10. The van der Waals surface area contributed by atoms with E-state index in [4.69, 9.17) is 10.1 Å². The molecule has 0 unspecified atom stereocenters. The van der Waals surface area contributed by atoms with Crippen LogP contribution < -0.4 is 9.54 Å². The predicted molar refractivity (Wildman–Crippen MR) is 62.5 cm³/mol. The summed E-state index contributed by atoms with van der Waals surface area (Å²) >= 11 is 1.49. The smallest absolute Gasteiger partial charge is 0.182 e. The Bertz CT molecular complexity index is 527. The van der Waals surface area contributed by atoms with Gasteiger partial charge in [0.1, 0.15) is 5.75 Å². The Labute approximate surface area is 92.4 Å². The van der Waals surface area contributed by atoms with Crippen molar-refractivity contribution in [3.8, 4) is 5.75 Å². The highest BCUT2D eigenvalue weighted by Gasteiger charge is 2.04. The third kappa shape index (κ3) is 1.77. The third-order valence-electron chi connectivity index (χ3n) is 2.30. The Morgan fingerprint density at radius 3 is 2.87 bits per heavy atom. The molecular weight excluding hydrogens is 208 g/mol.